The Hall–Kier alpha value is -3.35. The third kappa shape index (κ3) is 4.55. The van der Waals surface area contributed by atoms with E-state index in [9.17, 15) is 14.4 Å². The standard InChI is InChI=1S/C24H30N2O5/c1-8-14-26(23(28)18-10-12-19(30-6)13-11-18)17(5)22(27)20-15(3)21(24(29)31-7)25(9-2)16(20)4/h8,10-13,17H,1,9,14H2,2-7H3/t17-/m0/s1. The summed E-state index contributed by atoms with van der Waals surface area (Å²) in [5.41, 5.74) is 2.46. The Kier molecular flexibility index (Phi) is 7.80. The van der Waals surface area contributed by atoms with Crippen LogP contribution in [0.5, 0.6) is 5.75 Å². The fraction of sp³-hybridized carbons (Fsp3) is 0.375. The summed E-state index contributed by atoms with van der Waals surface area (Å²) < 4.78 is 11.8. The predicted octanol–water partition coefficient (Wildman–Crippen LogP) is 3.82. The van der Waals surface area contributed by atoms with Gasteiger partial charge in [0, 0.05) is 29.9 Å². The Morgan fingerprint density at radius 2 is 1.77 bits per heavy atom. The van der Waals surface area contributed by atoms with E-state index < -0.39 is 12.0 Å². The zero-order valence-corrected chi connectivity index (χ0v) is 19.0. The zero-order valence-electron chi connectivity index (χ0n) is 19.0. The molecule has 1 atom stereocenters. The number of hydrogen-bond acceptors (Lipinski definition) is 5. The molecule has 0 unspecified atom stereocenters. The van der Waals surface area contributed by atoms with Crippen molar-refractivity contribution >= 4 is 17.7 Å². The molecule has 1 aromatic carbocycles. The van der Waals surface area contributed by atoms with Gasteiger partial charge in [-0.05, 0) is 57.5 Å². The third-order valence-corrected chi connectivity index (χ3v) is 5.48. The van der Waals surface area contributed by atoms with E-state index in [0.29, 0.717) is 40.4 Å². The first kappa shape index (κ1) is 23.9. The SMILES string of the molecule is C=CCN(C(=O)c1ccc(OC)cc1)[C@@H](C)C(=O)c1c(C)c(C(=O)OC)n(CC)c1C. The minimum atomic E-state index is -0.761. The van der Waals surface area contributed by atoms with E-state index in [1.807, 2.05) is 6.92 Å². The topological polar surface area (TPSA) is 77.8 Å². The number of rotatable bonds is 9. The van der Waals surface area contributed by atoms with E-state index in [-0.39, 0.29) is 18.2 Å². The quantitative estimate of drug-likeness (QED) is 0.346. The van der Waals surface area contributed by atoms with Crippen molar-refractivity contribution in [2.24, 2.45) is 0 Å². The van der Waals surface area contributed by atoms with Crippen LogP contribution in [0.4, 0.5) is 0 Å². The van der Waals surface area contributed by atoms with E-state index in [1.165, 1.54) is 12.0 Å². The van der Waals surface area contributed by atoms with Crippen LogP contribution in [0.1, 0.15) is 56.3 Å². The van der Waals surface area contributed by atoms with Gasteiger partial charge < -0.3 is 18.9 Å². The van der Waals surface area contributed by atoms with Crippen LogP contribution < -0.4 is 4.74 Å². The average molecular weight is 427 g/mol. The highest BCUT2D eigenvalue weighted by molar-refractivity contribution is 6.07. The summed E-state index contributed by atoms with van der Waals surface area (Å²) in [6, 6.07) is 5.96. The van der Waals surface area contributed by atoms with Gasteiger partial charge in [0.25, 0.3) is 5.91 Å². The first-order valence-electron chi connectivity index (χ1n) is 10.1. The number of nitrogens with zero attached hydrogens (tertiary/aromatic N) is 2. The number of ketones is 1. The third-order valence-electron chi connectivity index (χ3n) is 5.48. The molecule has 0 aliphatic heterocycles. The number of hydrogen-bond donors (Lipinski definition) is 0. The fourth-order valence-electron chi connectivity index (χ4n) is 3.82. The number of aromatic nitrogens is 1. The molecule has 0 N–H and O–H groups in total. The summed E-state index contributed by atoms with van der Waals surface area (Å²) in [5.74, 6) is -0.386. The highest BCUT2D eigenvalue weighted by Crippen LogP contribution is 2.26. The molecule has 1 heterocycles. The lowest BCUT2D eigenvalue weighted by Gasteiger charge is -2.27. The van der Waals surface area contributed by atoms with Crippen molar-refractivity contribution in [1.29, 1.82) is 0 Å². The highest BCUT2D eigenvalue weighted by Gasteiger charge is 2.32. The van der Waals surface area contributed by atoms with Crippen LogP contribution in [0.15, 0.2) is 36.9 Å². The lowest BCUT2D eigenvalue weighted by atomic mass is 9.99. The lowest BCUT2D eigenvalue weighted by molar-refractivity contribution is 0.0587. The molecule has 166 valence electrons. The van der Waals surface area contributed by atoms with E-state index in [0.717, 1.165) is 0 Å². The van der Waals surface area contributed by atoms with Crippen molar-refractivity contribution in [2.75, 3.05) is 20.8 Å². The van der Waals surface area contributed by atoms with E-state index >= 15 is 0 Å². The Bertz CT molecular complexity index is 988. The van der Waals surface area contributed by atoms with Crippen LogP contribution in [0, 0.1) is 13.8 Å². The number of ether oxygens (including phenoxy) is 2. The number of benzene rings is 1. The molecule has 1 aromatic heterocycles. The number of Topliss-reactive ketones (excluding diaryl/α,β-unsaturated/α-hetero) is 1. The minimum Gasteiger partial charge on any atom is -0.497 e. The van der Waals surface area contributed by atoms with Crippen molar-refractivity contribution < 1.29 is 23.9 Å². The van der Waals surface area contributed by atoms with Gasteiger partial charge in [-0.25, -0.2) is 4.79 Å². The molecule has 0 bridgehead atoms. The highest BCUT2D eigenvalue weighted by atomic mass is 16.5. The average Bonchev–Trinajstić information content (AvgIpc) is 3.04. The van der Waals surface area contributed by atoms with Gasteiger partial charge >= 0.3 is 5.97 Å². The molecule has 0 fully saturated rings. The maximum Gasteiger partial charge on any atom is 0.354 e. The van der Waals surface area contributed by atoms with Gasteiger partial charge in [0.05, 0.1) is 20.3 Å². The first-order valence-corrected chi connectivity index (χ1v) is 10.1. The normalized spacial score (nSPS) is 11.5. The summed E-state index contributed by atoms with van der Waals surface area (Å²) in [6.07, 6.45) is 1.59. The molecule has 31 heavy (non-hydrogen) atoms. The van der Waals surface area contributed by atoms with Gasteiger partial charge in [-0.1, -0.05) is 6.08 Å². The molecular formula is C24H30N2O5. The second kappa shape index (κ2) is 10.1. The van der Waals surface area contributed by atoms with Crippen LogP contribution in [-0.2, 0) is 11.3 Å². The molecule has 0 saturated carbocycles. The van der Waals surface area contributed by atoms with Crippen molar-refractivity contribution in [1.82, 2.24) is 9.47 Å². The number of carbonyl (C=O) groups excluding carboxylic acids is 3. The van der Waals surface area contributed by atoms with Crippen molar-refractivity contribution in [3.8, 4) is 5.75 Å². The van der Waals surface area contributed by atoms with Crippen molar-refractivity contribution in [2.45, 2.75) is 40.3 Å². The molecule has 2 aromatic rings. The molecule has 0 radical (unpaired) electrons. The van der Waals surface area contributed by atoms with Crippen LogP contribution in [0.25, 0.3) is 0 Å². The van der Waals surface area contributed by atoms with Gasteiger partial charge in [-0.3, -0.25) is 9.59 Å². The van der Waals surface area contributed by atoms with E-state index in [2.05, 4.69) is 6.58 Å². The van der Waals surface area contributed by atoms with Crippen LogP contribution >= 0.6 is 0 Å². The van der Waals surface area contributed by atoms with Gasteiger partial charge in [-0.2, -0.15) is 0 Å². The number of methoxy groups -OCH3 is 2. The summed E-state index contributed by atoms with van der Waals surface area (Å²) >= 11 is 0. The summed E-state index contributed by atoms with van der Waals surface area (Å²) in [7, 11) is 2.87. The second-order valence-electron chi connectivity index (χ2n) is 7.18. The largest absolute Gasteiger partial charge is 0.497 e. The van der Waals surface area contributed by atoms with Gasteiger partial charge in [-0.15, -0.1) is 6.58 Å². The smallest absolute Gasteiger partial charge is 0.354 e. The lowest BCUT2D eigenvalue weighted by Crippen LogP contribution is -2.43. The molecular weight excluding hydrogens is 396 g/mol. The number of esters is 1. The molecule has 7 nitrogen and oxygen atoms in total. The molecule has 0 saturated heterocycles. The maximum atomic E-state index is 13.5. The number of amides is 1. The zero-order chi connectivity index (χ0) is 23.3. The summed E-state index contributed by atoms with van der Waals surface area (Å²) in [4.78, 5) is 40.5. The molecule has 2 rings (SSSR count). The van der Waals surface area contributed by atoms with Crippen molar-refractivity contribution in [3.05, 3.63) is 65.0 Å². The van der Waals surface area contributed by atoms with Crippen LogP contribution in [-0.4, -0.2) is 53.9 Å². The summed E-state index contributed by atoms with van der Waals surface area (Å²) in [5, 5.41) is 0. The molecule has 7 heteroatoms. The molecule has 0 aliphatic carbocycles. The van der Waals surface area contributed by atoms with Crippen LogP contribution in [0.3, 0.4) is 0 Å². The molecule has 0 spiro atoms. The van der Waals surface area contributed by atoms with E-state index in [4.69, 9.17) is 9.47 Å². The monoisotopic (exact) mass is 426 g/mol. The summed E-state index contributed by atoms with van der Waals surface area (Å²) in [6.45, 7) is 11.6. The van der Waals surface area contributed by atoms with E-state index in [1.54, 1.807) is 62.8 Å². The first-order chi connectivity index (χ1) is 14.7. The predicted molar refractivity (Wildman–Crippen MR) is 119 cm³/mol. The van der Waals surface area contributed by atoms with Gasteiger partial charge in [0.1, 0.15) is 11.4 Å². The van der Waals surface area contributed by atoms with Gasteiger partial charge in [0.2, 0.25) is 0 Å². The maximum absolute atomic E-state index is 13.5. The molecule has 0 aliphatic rings. The van der Waals surface area contributed by atoms with Crippen LogP contribution in [0.2, 0.25) is 0 Å². The Labute approximate surface area is 183 Å². The second-order valence-corrected chi connectivity index (χ2v) is 7.18. The number of carbonyl (C=O) groups is 3. The Balaban J connectivity index is 2.46. The van der Waals surface area contributed by atoms with Crippen molar-refractivity contribution in [3.63, 3.8) is 0 Å². The fourth-order valence-corrected chi connectivity index (χ4v) is 3.82. The molecule has 1 amide bonds. The minimum absolute atomic E-state index is 0.203. The Morgan fingerprint density at radius 3 is 2.26 bits per heavy atom. The van der Waals surface area contributed by atoms with Gasteiger partial charge in [0.15, 0.2) is 5.78 Å². The Morgan fingerprint density at radius 1 is 1.16 bits per heavy atom.